The molecule has 2 aromatic rings. The molecule has 20 heavy (non-hydrogen) atoms. The lowest BCUT2D eigenvalue weighted by Gasteiger charge is -2.32. The molecule has 1 aromatic carbocycles. The van der Waals surface area contributed by atoms with Gasteiger partial charge in [0.2, 0.25) is 0 Å². The predicted molar refractivity (Wildman–Crippen MR) is 82.1 cm³/mol. The van der Waals surface area contributed by atoms with E-state index in [-0.39, 0.29) is 5.43 Å². The number of rotatable bonds is 2. The fourth-order valence-electron chi connectivity index (χ4n) is 2.82. The van der Waals surface area contributed by atoms with Crippen molar-refractivity contribution in [2.45, 2.75) is 13.5 Å². The van der Waals surface area contributed by atoms with E-state index in [0.29, 0.717) is 0 Å². The number of aromatic amines is 1. The van der Waals surface area contributed by atoms with Crippen LogP contribution in [0.2, 0.25) is 0 Å². The molecular formula is C16H21N3O. The zero-order valence-electron chi connectivity index (χ0n) is 12.1. The average molecular weight is 271 g/mol. The lowest BCUT2D eigenvalue weighted by Crippen LogP contribution is -2.44. The van der Waals surface area contributed by atoms with Crippen LogP contribution in [0.25, 0.3) is 10.9 Å². The molecule has 4 nitrogen and oxygen atoms in total. The van der Waals surface area contributed by atoms with Gasteiger partial charge in [-0.3, -0.25) is 9.69 Å². The molecule has 4 heteroatoms. The number of fused-ring (bicyclic) bond motifs is 1. The first-order valence-electron chi connectivity index (χ1n) is 7.16. The minimum Gasteiger partial charge on any atom is -0.358 e. The van der Waals surface area contributed by atoms with Gasteiger partial charge in [-0.2, -0.15) is 0 Å². The molecule has 1 aromatic heterocycles. The molecular weight excluding hydrogens is 250 g/mol. The first kappa shape index (κ1) is 13.3. The van der Waals surface area contributed by atoms with Gasteiger partial charge in [-0.15, -0.1) is 0 Å². The standard InChI is InChI=1S/C16H21N3O/c1-12-14(11-19-9-7-18(2)8-10-19)16(20)13-5-3-4-6-15(13)17-12/h3-6H,7-11H2,1-2H3,(H,17,20). The third kappa shape index (κ3) is 2.49. The lowest BCUT2D eigenvalue weighted by atomic mass is 10.1. The van der Waals surface area contributed by atoms with Gasteiger partial charge < -0.3 is 9.88 Å². The number of pyridine rings is 1. The quantitative estimate of drug-likeness (QED) is 0.901. The Kier molecular flexibility index (Phi) is 3.59. The fraction of sp³-hybridized carbons (Fsp3) is 0.438. The van der Waals surface area contributed by atoms with Crippen LogP contribution >= 0.6 is 0 Å². The predicted octanol–water partition coefficient (Wildman–Crippen LogP) is 1.58. The average Bonchev–Trinajstić information content (AvgIpc) is 2.45. The number of para-hydroxylation sites is 1. The van der Waals surface area contributed by atoms with Gasteiger partial charge in [-0.25, -0.2) is 0 Å². The molecule has 106 valence electrons. The first-order chi connectivity index (χ1) is 9.65. The van der Waals surface area contributed by atoms with Crippen molar-refractivity contribution < 1.29 is 0 Å². The monoisotopic (exact) mass is 271 g/mol. The summed E-state index contributed by atoms with van der Waals surface area (Å²) in [4.78, 5) is 20.7. The number of hydrogen-bond acceptors (Lipinski definition) is 3. The number of aryl methyl sites for hydroxylation is 1. The van der Waals surface area contributed by atoms with Gasteiger partial charge in [-0.1, -0.05) is 12.1 Å². The van der Waals surface area contributed by atoms with E-state index in [0.717, 1.165) is 54.9 Å². The smallest absolute Gasteiger partial charge is 0.194 e. The van der Waals surface area contributed by atoms with Crippen molar-refractivity contribution >= 4 is 10.9 Å². The highest BCUT2D eigenvalue weighted by atomic mass is 16.1. The van der Waals surface area contributed by atoms with E-state index in [1.165, 1.54) is 0 Å². The van der Waals surface area contributed by atoms with E-state index in [1.54, 1.807) is 0 Å². The van der Waals surface area contributed by atoms with Gasteiger partial charge in [0.1, 0.15) is 0 Å². The van der Waals surface area contributed by atoms with Gasteiger partial charge in [0.25, 0.3) is 0 Å². The van der Waals surface area contributed by atoms with Gasteiger partial charge in [0.05, 0.1) is 0 Å². The highest BCUT2D eigenvalue weighted by molar-refractivity contribution is 5.79. The molecule has 2 heterocycles. The second kappa shape index (κ2) is 5.38. The molecule has 0 aliphatic carbocycles. The number of likely N-dealkylation sites (N-methyl/N-ethyl adjacent to an activating group) is 1. The van der Waals surface area contributed by atoms with Crippen molar-refractivity contribution in [2.75, 3.05) is 33.2 Å². The van der Waals surface area contributed by atoms with E-state index in [1.807, 2.05) is 31.2 Å². The van der Waals surface area contributed by atoms with Gasteiger partial charge >= 0.3 is 0 Å². The maximum absolute atomic E-state index is 12.6. The highest BCUT2D eigenvalue weighted by Crippen LogP contribution is 2.13. The normalized spacial score (nSPS) is 17.7. The molecule has 1 aliphatic rings. The Bertz CT molecular complexity index is 669. The van der Waals surface area contributed by atoms with E-state index in [4.69, 9.17) is 0 Å². The minimum absolute atomic E-state index is 0.177. The van der Waals surface area contributed by atoms with Crippen LogP contribution in [0.5, 0.6) is 0 Å². The summed E-state index contributed by atoms with van der Waals surface area (Å²) in [5.74, 6) is 0. The van der Waals surface area contributed by atoms with E-state index >= 15 is 0 Å². The van der Waals surface area contributed by atoms with Crippen molar-refractivity contribution in [3.63, 3.8) is 0 Å². The topological polar surface area (TPSA) is 39.3 Å². The molecule has 0 amide bonds. The van der Waals surface area contributed by atoms with Crippen LogP contribution < -0.4 is 5.43 Å². The van der Waals surface area contributed by atoms with Gasteiger partial charge in [-0.05, 0) is 26.1 Å². The van der Waals surface area contributed by atoms with Crippen molar-refractivity contribution in [1.82, 2.24) is 14.8 Å². The van der Waals surface area contributed by atoms with Crippen molar-refractivity contribution in [3.05, 3.63) is 45.7 Å². The maximum atomic E-state index is 12.6. The third-order valence-electron chi connectivity index (χ3n) is 4.20. The van der Waals surface area contributed by atoms with Crippen LogP contribution in [0.1, 0.15) is 11.3 Å². The van der Waals surface area contributed by atoms with E-state index in [9.17, 15) is 4.79 Å². The van der Waals surface area contributed by atoms with Crippen LogP contribution in [0.15, 0.2) is 29.1 Å². The largest absolute Gasteiger partial charge is 0.358 e. The van der Waals surface area contributed by atoms with Gasteiger partial charge in [0, 0.05) is 54.9 Å². The summed E-state index contributed by atoms with van der Waals surface area (Å²) in [6, 6.07) is 7.74. The van der Waals surface area contributed by atoms with Crippen molar-refractivity contribution in [2.24, 2.45) is 0 Å². The second-order valence-electron chi connectivity index (χ2n) is 5.68. The summed E-state index contributed by atoms with van der Waals surface area (Å²) in [5.41, 5.74) is 3.01. The summed E-state index contributed by atoms with van der Waals surface area (Å²) in [5, 5.41) is 0.794. The van der Waals surface area contributed by atoms with Crippen LogP contribution in [-0.4, -0.2) is 48.0 Å². The molecule has 0 spiro atoms. The number of benzene rings is 1. The number of H-pyrrole nitrogens is 1. The maximum Gasteiger partial charge on any atom is 0.194 e. The van der Waals surface area contributed by atoms with Crippen molar-refractivity contribution in [3.8, 4) is 0 Å². The Balaban J connectivity index is 1.93. The minimum atomic E-state index is 0.177. The molecule has 0 radical (unpaired) electrons. The molecule has 0 atom stereocenters. The lowest BCUT2D eigenvalue weighted by molar-refractivity contribution is 0.147. The third-order valence-corrected chi connectivity index (χ3v) is 4.20. The van der Waals surface area contributed by atoms with Crippen LogP contribution in [0.4, 0.5) is 0 Å². The summed E-state index contributed by atoms with van der Waals surface area (Å²) >= 11 is 0. The zero-order chi connectivity index (χ0) is 14.1. The van der Waals surface area contributed by atoms with Crippen molar-refractivity contribution in [1.29, 1.82) is 0 Å². The molecule has 1 N–H and O–H groups in total. The molecule has 1 fully saturated rings. The highest BCUT2D eigenvalue weighted by Gasteiger charge is 2.17. The second-order valence-corrected chi connectivity index (χ2v) is 5.68. The van der Waals surface area contributed by atoms with E-state index in [2.05, 4.69) is 21.8 Å². The molecule has 1 aliphatic heterocycles. The summed E-state index contributed by atoms with van der Waals surface area (Å²) in [6.07, 6.45) is 0. The Morgan fingerprint density at radius 3 is 2.60 bits per heavy atom. The summed E-state index contributed by atoms with van der Waals surface area (Å²) in [7, 11) is 2.14. The van der Waals surface area contributed by atoms with Crippen LogP contribution in [-0.2, 0) is 6.54 Å². The van der Waals surface area contributed by atoms with Crippen LogP contribution in [0.3, 0.4) is 0 Å². The Hall–Kier alpha value is -1.65. The Morgan fingerprint density at radius 2 is 1.85 bits per heavy atom. The van der Waals surface area contributed by atoms with E-state index < -0.39 is 0 Å². The first-order valence-corrected chi connectivity index (χ1v) is 7.16. The van der Waals surface area contributed by atoms with Crippen LogP contribution in [0, 0.1) is 6.92 Å². The zero-order valence-corrected chi connectivity index (χ0v) is 12.1. The SMILES string of the molecule is Cc1[nH]c2ccccc2c(=O)c1CN1CCN(C)CC1. The number of aromatic nitrogens is 1. The molecule has 3 rings (SSSR count). The number of nitrogens with one attached hydrogen (secondary N) is 1. The summed E-state index contributed by atoms with van der Waals surface area (Å²) < 4.78 is 0. The number of nitrogens with zero attached hydrogens (tertiary/aromatic N) is 2. The van der Waals surface area contributed by atoms with Gasteiger partial charge in [0.15, 0.2) is 5.43 Å². The Morgan fingerprint density at radius 1 is 1.15 bits per heavy atom. The Labute approximate surface area is 119 Å². The fourth-order valence-corrected chi connectivity index (χ4v) is 2.82. The molecule has 0 bridgehead atoms. The molecule has 0 saturated carbocycles. The molecule has 1 saturated heterocycles. The summed E-state index contributed by atoms with van der Waals surface area (Å²) in [6.45, 7) is 6.96. The number of piperazine rings is 1. The number of hydrogen-bond donors (Lipinski definition) is 1. The molecule has 0 unspecified atom stereocenters.